The van der Waals surface area contributed by atoms with Gasteiger partial charge in [-0.2, -0.15) is 0 Å². The number of methoxy groups -OCH3 is 1. The summed E-state index contributed by atoms with van der Waals surface area (Å²) in [7, 11) is 1.55. The summed E-state index contributed by atoms with van der Waals surface area (Å²) in [4.78, 5) is 53.9. The second-order valence-corrected chi connectivity index (χ2v) is 11.7. The molecule has 0 saturated carbocycles. The molecule has 5 rings (SSSR count). The van der Waals surface area contributed by atoms with Gasteiger partial charge in [0.2, 0.25) is 11.8 Å². The van der Waals surface area contributed by atoms with E-state index >= 15 is 0 Å². The molecule has 1 heterocycles. The van der Waals surface area contributed by atoms with Crippen molar-refractivity contribution in [1.82, 2.24) is 5.32 Å². The number of thioether (sulfide) groups is 1. The number of hydrogen-bond acceptors (Lipinski definition) is 6. The number of nitrogens with one attached hydrogen (secondary N) is 2. The second kappa shape index (κ2) is 13.5. The van der Waals surface area contributed by atoms with Gasteiger partial charge >= 0.3 is 0 Å². The van der Waals surface area contributed by atoms with Gasteiger partial charge in [-0.05, 0) is 84.4 Å². The third kappa shape index (κ3) is 7.40. The number of hydrogen-bond donors (Lipinski definition) is 2. The largest absolute Gasteiger partial charge is 0.497 e. The fraction of sp³-hybridized carbons (Fsp3) is 0.0909. The molecule has 4 amide bonds. The SMILES string of the molecule is COc1ccc(N2C(=O)CC(Sc3ccc(NC(=O)/C(=C/c4cccc(Br)c4)NC(=O)c4ccccc4)cc3)C2=O)cc1. The van der Waals surface area contributed by atoms with Gasteiger partial charge in [0.05, 0.1) is 18.0 Å². The molecule has 4 aromatic carbocycles. The zero-order valence-electron chi connectivity index (χ0n) is 23.0. The number of anilines is 2. The number of rotatable bonds is 9. The number of imide groups is 1. The van der Waals surface area contributed by atoms with Crippen molar-refractivity contribution in [3.63, 3.8) is 0 Å². The molecule has 0 bridgehead atoms. The highest BCUT2D eigenvalue weighted by Crippen LogP contribution is 2.35. The van der Waals surface area contributed by atoms with Crippen molar-refractivity contribution in [2.45, 2.75) is 16.6 Å². The Balaban J connectivity index is 1.27. The van der Waals surface area contributed by atoms with Gasteiger partial charge in [-0.1, -0.05) is 46.3 Å². The molecule has 1 aliphatic heterocycles. The lowest BCUT2D eigenvalue weighted by Crippen LogP contribution is -2.31. The number of ether oxygens (including phenoxy) is 1. The van der Waals surface area contributed by atoms with Gasteiger partial charge in [0, 0.05) is 27.0 Å². The number of carbonyl (C=O) groups is 4. The Morgan fingerprint density at radius 3 is 2.33 bits per heavy atom. The molecule has 4 aromatic rings. The summed E-state index contributed by atoms with van der Waals surface area (Å²) in [6, 6.07) is 29.7. The summed E-state index contributed by atoms with van der Waals surface area (Å²) in [5.74, 6) is -0.831. The highest BCUT2D eigenvalue weighted by molar-refractivity contribution is 9.10. The lowest BCUT2D eigenvalue weighted by Gasteiger charge is -2.15. The minimum Gasteiger partial charge on any atom is -0.497 e. The van der Waals surface area contributed by atoms with Gasteiger partial charge in [0.1, 0.15) is 11.4 Å². The lowest BCUT2D eigenvalue weighted by atomic mass is 10.1. The Labute approximate surface area is 261 Å². The van der Waals surface area contributed by atoms with Crippen LogP contribution in [0.25, 0.3) is 6.08 Å². The molecule has 0 spiro atoms. The van der Waals surface area contributed by atoms with E-state index in [-0.39, 0.29) is 23.9 Å². The van der Waals surface area contributed by atoms with Crippen molar-refractivity contribution in [2.24, 2.45) is 0 Å². The van der Waals surface area contributed by atoms with Crippen molar-refractivity contribution in [3.05, 3.63) is 124 Å². The first-order valence-corrected chi connectivity index (χ1v) is 14.9. The molecule has 43 heavy (non-hydrogen) atoms. The maximum absolute atomic E-state index is 13.3. The summed E-state index contributed by atoms with van der Waals surface area (Å²) in [6.07, 6.45) is 1.68. The quantitative estimate of drug-likeness (QED) is 0.162. The molecule has 0 aliphatic carbocycles. The molecule has 1 fully saturated rings. The van der Waals surface area contributed by atoms with E-state index in [1.54, 1.807) is 92.0 Å². The average Bonchev–Trinajstić information content (AvgIpc) is 3.30. The minimum atomic E-state index is -0.567. The monoisotopic (exact) mass is 655 g/mol. The van der Waals surface area contributed by atoms with Gasteiger partial charge in [-0.15, -0.1) is 11.8 Å². The van der Waals surface area contributed by atoms with Crippen LogP contribution in [0.15, 0.2) is 118 Å². The summed E-state index contributed by atoms with van der Waals surface area (Å²) in [5.41, 5.74) is 2.21. The molecule has 0 radical (unpaired) electrons. The van der Waals surface area contributed by atoms with Gasteiger partial charge in [0.25, 0.3) is 11.8 Å². The van der Waals surface area contributed by atoms with Gasteiger partial charge < -0.3 is 15.4 Å². The Morgan fingerprint density at radius 1 is 0.930 bits per heavy atom. The van der Waals surface area contributed by atoms with Crippen LogP contribution < -0.4 is 20.3 Å². The van der Waals surface area contributed by atoms with Crippen LogP contribution in [-0.4, -0.2) is 36.0 Å². The van der Waals surface area contributed by atoms with Gasteiger partial charge in [0.15, 0.2) is 0 Å². The Morgan fingerprint density at radius 2 is 1.65 bits per heavy atom. The van der Waals surface area contributed by atoms with E-state index in [9.17, 15) is 19.2 Å². The molecular weight excluding hydrogens is 630 g/mol. The van der Waals surface area contributed by atoms with Gasteiger partial charge in [-0.25, -0.2) is 4.90 Å². The maximum atomic E-state index is 13.3. The molecule has 1 aliphatic rings. The van der Waals surface area contributed by atoms with Crippen LogP contribution in [0.5, 0.6) is 5.75 Å². The summed E-state index contributed by atoms with van der Waals surface area (Å²) < 4.78 is 5.99. The molecule has 1 saturated heterocycles. The van der Waals surface area contributed by atoms with E-state index in [0.29, 0.717) is 22.7 Å². The topological polar surface area (TPSA) is 105 Å². The minimum absolute atomic E-state index is 0.0686. The first-order chi connectivity index (χ1) is 20.8. The molecule has 10 heteroatoms. The summed E-state index contributed by atoms with van der Waals surface area (Å²) >= 11 is 4.72. The Kier molecular flexibility index (Phi) is 9.38. The van der Waals surface area contributed by atoms with Crippen molar-refractivity contribution < 1.29 is 23.9 Å². The van der Waals surface area contributed by atoms with E-state index in [2.05, 4.69) is 26.6 Å². The van der Waals surface area contributed by atoms with Crippen LogP contribution >= 0.6 is 27.7 Å². The third-order valence-electron chi connectivity index (χ3n) is 6.51. The molecule has 216 valence electrons. The van der Waals surface area contributed by atoms with Crippen molar-refractivity contribution in [3.8, 4) is 5.75 Å². The van der Waals surface area contributed by atoms with E-state index < -0.39 is 17.1 Å². The van der Waals surface area contributed by atoms with Gasteiger partial charge in [-0.3, -0.25) is 19.2 Å². The fourth-order valence-corrected chi connectivity index (χ4v) is 5.85. The van der Waals surface area contributed by atoms with E-state index in [4.69, 9.17) is 4.74 Å². The lowest BCUT2D eigenvalue weighted by molar-refractivity contribution is -0.121. The summed E-state index contributed by atoms with van der Waals surface area (Å²) in [6.45, 7) is 0. The van der Waals surface area contributed by atoms with Crippen LogP contribution in [0, 0.1) is 0 Å². The van der Waals surface area contributed by atoms with E-state index in [1.807, 2.05) is 24.3 Å². The first kappa shape index (κ1) is 29.8. The normalized spacial score (nSPS) is 14.9. The molecule has 1 unspecified atom stereocenters. The van der Waals surface area contributed by atoms with Crippen LogP contribution in [0.3, 0.4) is 0 Å². The fourth-order valence-electron chi connectivity index (χ4n) is 4.38. The number of halogens is 1. The highest BCUT2D eigenvalue weighted by Gasteiger charge is 2.40. The molecular formula is C33H26BrN3O5S. The smallest absolute Gasteiger partial charge is 0.272 e. The number of carbonyl (C=O) groups excluding carboxylic acids is 4. The molecule has 8 nitrogen and oxygen atoms in total. The third-order valence-corrected chi connectivity index (χ3v) is 8.21. The number of benzene rings is 4. The average molecular weight is 657 g/mol. The Hall–Kier alpha value is -4.67. The highest BCUT2D eigenvalue weighted by atomic mass is 79.9. The zero-order chi connectivity index (χ0) is 30.3. The van der Waals surface area contributed by atoms with Crippen LogP contribution in [-0.2, 0) is 14.4 Å². The molecule has 0 aromatic heterocycles. The van der Waals surface area contributed by atoms with Crippen molar-refractivity contribution in [1.29, 1.82) is 0 Å². The molecule has 1 atom stereocenters. The predicted octanol–water partition coefficient (Wildman–Crippen LogP) is 6.29. The van der Waals surface area contributed by atoms with Crippen LogP contribution in [0.4, 0.5) is 11.4 Å². The predicted molar refractivity (Wildman–Crippen MR) is 171 cm³/mol. The van der Waals surface area contributed by atoms with E-state index in [0.717, 1.165) is 14.9 Å². The standard InChI is InChI=1S/C33H26BrN3O5S/c1-42-26-14-12-25(13-15-26)37-30(38)20-29(33(37)41)43-27-16-10-24(11-17-27)35-32(40)28(19-21-6-5-9-23(34)18-21)36-31(39)22-7-3-2-4-8-22/h2-19,29H,20H2,1H3,(H,35,40)(H,36,39)/b28-19-. The van der Waals surface area contributed by atoms with Crippen molar-refractivity contribution in [2.75, 3.05) is 17.3 Å². The molecule has 2 N–H and O–H groups in total. The number of amides is 4. The Bertz CT molecular complexity index is 1690. The maximum Gasteiger partial charge on any atom is 0.272 e. The van der Waals surface area contributed by atoms with Crippen LogP contribution in [0.1, 0.15) is 22.3 Å². The van der Waals surface area contributed by atoms with E-state index in [1.165, 1.54) is 16.7 Å². The van der Waals surface area contributed by atoms with Crippen LogP contribution in [0.2, 0.25) is 0 Å². The summed E-state index contributed by atoms with van der Waals surface area (Å²) in [5, 5.41) is 4.98. The zero-order valence-corrected chi connectivity index (χ0v) is 25.4. The number of nitrogens with zero attached hydrogens (tertiary/aromatic N) is 1. The van der Waals surface area contributed by atoms with Crippen molar-refractivity contribution >= 4 is 68.8 Å². The second-order valence-electron chi connectivity index (χ2n) is 9.49. The first-order valence-electron chi connectivity index (χ1n) is 13.2.